The number of phenolic OH excluding ortho intramolecular Hbond substituents is 6. The first-order valence-corrected chi connectivity index (χ1v) is 7.96. The first-order valence-electron chi connectivity index (χ1n) is 7.96. The van der Waals surface area contributed by atoms with Gasteiger partial charge in [0.2, 0.25) is 0 Å². The molecule has 1 fully saturated rings. The molecular formula is C18H20O7. The maximum absolute atomic E-state index is 9.86. The van der Waals surface area contributed by atoms with Crippen LogP contribution < -0.4 is 0 Å². The fraction of sp³-hybridized carbons (Fsp3) is 0.333. The standard InChI is InChI=1S/C18H20O7/c19-13-7-17(23)15(21)5-9(13)3-11-1-2-12(25-11)4-10-6-16(22)18(24)8-14(10)20/h5-8,11-12,19-24H,1-4H2. The third-order valence-electron chi connectivity index (χ3n) is 4.44. The summed E-state index contributed by atoms with van der Waals surface area (Å²) in [6.45, 7) is 0. The zero-order chi connectivity index (χ0) is 18.1. The maximum atomic E-state index is 9.86. The Morgan fingerprint density at radius 2 is 0.960 bits per heavy atom. The molecule has 1 aliphatic rings. The minimum absolute atomic E-state index is 0.108. The number of hydrogen-bond donors (Lipinski definition) is 6. The molecule has 0 bridgehead atoms. The van der Waals surface area contributed by atoms with Crippen molar-refractivity contribution < 1.29 is 35.4 Å². The average molecular weight is 348 g/mol. The normalized spacial score (nSPS) is 20.0. The molecule has 3 rings (SSSR count). The summed E-state index contributed by atoms with van der Waals surface area (Å²) in [6, 6.07) is 4.80. The zero-order valence-electron chi connectivity index (χ0n) is 13.4. The summed E-state index contributed by atoms with van der Waals surface area (Å²) >= 11 is 0. The number of aromatic hydroxyl groups is 6. The Morgan fingerprint density at radius 3 is 1.36 bits per heavy atom. The summed E-state index contributed by atoms with van der Waals surface area (Å²) in [4.78, 5) is 0. The van der Waals surface area contributed by atoms with Crippen LogP contribution in [0.2, 0.25) is 0 Å². The van der Waals surface area contributed by atoms with Crippen LogP contribution in [-0.4, -0.2) is 42.8 Å². The van der Waals surface area contributed by atoms with E-state index in [1.54, 1.807) is 0 Å². The van der Waals surface area contributed by atoms with Crippen LogP contribution in [0.4, 0.5) is 0 Å². The quantitative estimate of drug-likeness (QED) is 0.369. The van der Waals surface area contributed by atoms with Crippen LogP contribution in [0.25, 0.3) is 0 Å². The highest BCUT2D eigenvalue weighted by Crippen LogP contribution is 2.37. The minimum Gasteiger partial charge on any atom is -0.508 e. The molecule has 0 saturated carbocycles. The van der Waals surface area contributed by atoms with Crippen molar-refractivity contribution >= 4 is 0 Å². The van der Waals surface area contributed by atoms with Gasteiger partial charge in [0.25, 0.3) is 0 Å². The van der Waals surface area contributed by atoms with E-state index in [1.807, 2.05) is 0 Å². The molecule has 0 spiro atoms. The lowest BCUT2D eigenvalue weighted by molar-refractivity contribution is 0.0454. The molecule has 25 heavy (non-hydrogen) atoms. The Balaban J connectivity index is 1.64. The molecule has 2 aromatic carbocycles. The van der Waals surface area contributed by atoms with Crippen LogP contribution >= 0.6 is 0 Å². The van der Waals surface area contributed by atoms with E-state index < -0.39 is 0 Å². The van der Waals surface area contributed by atoms with E-state index in [2.05, 4.69) is 0 Å². The van der Waals surface area contributed by atoms with Crippen molar-refractivity contribution in [2.75, 3.05) is 0 Å². The maximum Gasteiger partial charge on any atom is 0.161 e. The number of ether oxygens (including phenoxy) is 1. The molecule has 0 aromatic heterocycles. The van der Waals surface area contributed by atoms with Crippen LogP contribution in [0.5, 0.6) is 34.5 Å². The largest absolute Gasteiger partial charge is 0.508 e. The molecule has 0 radical (unpaired) electrons. The molecule has 1 heterocycles. The van der Waals surface area contributed by atoms with Gasteiger partial charge in [-0.25, -0.2) is 0 Å². The van der Waals surface area contributed by atoms with Crippen LogP contribution in [0, 0.1) is 0 Å². The van der Waals surface area contributed by atoms with E-state index in [9.17, 15) is 30.6 Å². The molecule has 6 N–H and O–H groups in total. The second kappa shape index (κ2) is 6.60. The third-order valence-corrected chi connectivity index (χ3v) is 4.44. The molecule has 0 amide bonds. The van der Waals surface area contributed by atoms with Gasteiger partial charge in [-0.15, -0.1) is 0 Å². The molecule has 0 aliphatic carbocycles. The van der Waals surface area contributed by atoms with Gasteiger partial charge >= 0.3 is 0 Å². The highest BCUT2D eigenvalue weighted by Gasteiger charge is 2.27. The summed E-state index contributed by atoms with van der Waals surface area (Å²) in [7, 11) is 0. The number of benzene rings is 2. The first kappa shape index (κ1) is 17.0. The summed E-state index contributed by atoms with van der Waals surface area (Å²) in [5.74, 6) is -1.58. The van der Waals surface area contributed by atoms with Crippen molar-refractivity contribution in [3.05, 3.63) is 35.4 Å². The Bertz CT molecular complexity index is 722. The molecule has 7 nitrogen and oxygen atoms in total. The lowest BCUT2D eigenvalue weighted by Crippen LogP contribution is -2.15. The van der Waals surface area contributed by atoms with Crippen molar-refractivity contribution in [3.8, 4) is 34.5 Å². The average Bonchev–Trinajstić information content (AvgIpc) is 2.97. The number of hydrogen-bond acceptors (Lipinski definition) is 7. The molecule has 134 valence electrons. The highest BCUT2D eigenvalue weighted by molar-refractivity contribution is 5.49. The summed E-state index contributed by atoms with van der Waals surface area (Å²) in [6.07, 6.45) is 1.87. The predicted octanol–water partition coefficient (Wildman–Crippen LogP) is 2.25. The summed E-state index contributed by atoms with van der Waals surface area (Å²) in [5, 5.41) is 57.5. The van der Waals surface area contributed by atoms with Crippen molar-refractivity contribution in [3.63, 3.8) is 0 Å². The van der Waals surface area contributed by atoms with E-state index in [1.165, 1.54) is 12.1 Å². The van der Waals surface area contributed by atoms with Crippen molar-refractivity contribution in [1.29, 1.82) is 0 Å². The van der Waals surface area contributed by atoms with Crippen molar-refractivity contribution in [1.82, 2.24) is 0 Å². The van der Waals surface area contributed by atoms with Crippen molar-refractivity contribution in [2.45, 2.75) is 37.9 Å². The number of rotatable bonds is 4. The Hall–Kier alpha value is -2.80. The van der Waals surface area contributed by atoms with E-state index in [0.29, 0.717) is 24.0 Å². The molecule has 2 atom stereocenters. The van der Waals surface area contributed by atoms with Gasteiger partial charge in [-0.3, -0.25) is 0 Å². The predicted molar refractivity (Wildman–Crippen MR) is 88.2 cm³/mol. The Kier molecular flexibility index (Phi) is 4.50. The molecule has 2 unspecified atom stereocenters. The second-order valence-corrected chi connectivity index (χ2v) is 6.30. The SMILES string of the molecule is Oc1cc(O)c(CC2CCC(Cc3cc(O)c(O)cc3O)O2)cc1O. The fourth-order valence-corrected chi connectivity index (χ4v) is 3.12. The Morgan fingerprint density at radius 1 is 0.600 bits per heavy atom. The highest BCUT2D eigenvalue weighted by atomic mass is 16.5. The smallest absolute Gasteiger partial charge is 0.161 e. The molecular weight excluding hydrogens is 328 g/mol. The topological polar surface area (TPSA) is 131 Å². The number of phenols is 6. The summed E-state index contributed by atoms with van der Waals surface area (Å²) < 4.78 is 5.91. The molecule has 7 heteroatoms. The summed E-state index contributed by atoms with van der Waals surface area (Å²) in [5.41, 5.74) is 0.956. The van der Waals surface area contributed by atoms with Crippen LogP contribution in [0.15, 0.2) is 24.3 Å². The van der Waals surface area contributed by atoms with Crippen LogP contribution in [0.1, 0.15) is 24.0 Å². The minimum atomic E-state index is -0.380. The van der Waals surface area contributed by atoms with Gasteiger partial charge in [-0.1, -0.05) is 0 Å². The zero-order valence-corrected chi connectivity index (χ0v) is 13.4. The fourth-order valence-electron chi connectivity index (χ4n) is 3.12. The van der Waals surface area contributed by atoms with Crippen molar-refractivity contribution in [2.24, 2.45) is 0 Å². The molecule has 2 aromatic rings. The second-order valence-electron chi connectivity index (χ2n) is 6.30. The third kappa shape index (κ3) is 3.66. The molecule has 1 aliphatic heterocycles. The lowest BCUT2D eigenvalue weighted by Gasteiger charge is -2.16. The van der Waals surface area contributed by atoms with Gasteiger partial charge in [-0.2, -0.15) is 0 Å². The van der Waals surface area contributed by atoms with E-state index in [4.69, 9.17) is 4.74 Å². The van der Waals surface area contributed by atoms with Gasteiger partial charge in [0.15, 0.2) is 23.0 Å². The van der Waals surface area contributed by atoms with Gasteiger partial charge in [0.05, 0.1) is 12.2 Å². The van der Waals surface area contributed by atoms with Crippen LogP contribution in [-0.2, 0) is 17.6 Å². The van der Waals surface area contributed by atoms with E-state index >= 15 is 0 Å². The van der Waals surface area contributed by atoms with E-state index in [-0.39, 0.29) is 46.7 Å². The van der Waals surface area contributed by atoms with Gasteiger partial charge in [-0.05, 0) is 25.0 Å². The van der Waals surface area contributed by atoms with Gasteiger partial charge in [0, 0.05) is 36.1 Å². The van der Waals surface area contributed by atoms with Crippen LogP contribution in [0.3, 0.4) is 0 Å². The van der Waals surface area contributed by atoms with E-state index in [0.717, 1.165) is 25.0 Å². The monoisotopic (exact) mass is 348 g/mol. The Labute approximate surface area is 144 Å². The van der Waals surface area contributed by atoms with Gasteiger partial charge < -0.3 is 35.4 Å². The lowest BCUT2D eigenvalue weighted by atomic mass is 10.0. The van der Waals surface area contributed by atoms with Gasteiger partial charge in [0.1, 0.15) is 11.5 Å². The first-order chi connectivity index (χ1) is 11.8. The molecule has 1 saturated heterocycles.